The van der Waals surface area contributed by atoms with Gasteiger partial charge >= 0.3 is 0 Å². The fourth-order valence-electron chi connectivity index (χ4n) is 1.33. The SMILES string of the molecule is CC(C)C(=O)c1cc(NS(C)(=O)=O)c(F)cc1F. The Bertz CT molecular complexity index is 582. The van der Waals surface area contributed by atoms with E-state index in [0.717, 1.165) is 12.3 Å². The lowest BCUT2D eigenvalue weighted by Gasteiger charge is -2.10. The van der Waals surface area contributed by atoms with Gasteiger partial charge in [0, 0.05) is 12.0 Å². The van der Waals surface area contributed by atoms with Crippen LogP contribution in [0.25, 0.3) is 0 Å². The van der Waals surface area contributed by atoms with Crippen molar-refractivity contribution in [1.82, 2.24) is 0 Å². The van der Waals surface area contributed by atoms with Crippen molar-refractivity contribution in [3.05, 3.63) is 29.3 Å². The first kappa shape index (κ1) is 14.6. The molecule has 0 atom stereocenters. The molecule has 0 saturated heterocycles. The fourth-order valence-corrected chi connectivity index (χ4v) is 1.88. The van der Waals surface area contributed by atoms with Gasteiger partial charge in [-0.25, -0.2) is 17.2 Å². The van der Waals surface area contributed by atoms with Crippen molar-refractivity contribution < 1.29 is 22.0 Å². The van der Waals surface area contributed by atoms with Crippen molar-refractivity contribution in [1.29, 1.82) is 0 Å². The number of ketones is 1. The number of rotatable bonds is 4. The summed E-state index contributed by atoms with van der Waals surface area (Å²) in [5.41, 5.74) is -0.777. The predicted molar refractivity (Wildman–Crippen MR) is 64.0 cm³/mol. The van der Waals surface area contributed by atoms with Gasteiger partial charge in [0.25, 0.3) is 0 Å². The lowest BCUT2D eigenvalue weighted by molar-refractivity contribution is 0.0935. The van der Waals surface area contributed by atoms with E-state index in [1.165, 1.54) is 0 Å². The van der Waals surface area contributed by atoms with Crippen LogP contribution in [0.4, 0.5) is 14.5 Å². The summed E-state index contributed by atoms with van der Waals surface area (Å²) < 4.78 is 50.7. The van der Waals surface area contributed by atoms with E-state index in [1.54, 1.807) is 13.8 Å². The van der Waals surface area contributed by atoms with Crippen molar-refractivity contribution in [2.24, 2.45) is 5.92 Å². The zero-order valence-corrected chi connectivity index (χ0v) is 10.9. The second-order valence-electron chi connectivity index (χ2n) is 4.21. The van der Waals surface area contributed by atoms with E-state index in [0.29, 0.717) is 6.07 Å². The molecular formula is C11H13F2NO3S. The molecule has 1 N–H and O–H groups in total. The molecule has 0 amide bonds. The molecule has 0 aliphatic heterocycles. The molecule has 0 aromatic heterocycles. The van der Waals surface area contributed by atoms with Gasteiger partial charge in [-0.2, -0.15) is 0 Å². The second kappa shape index (κ2) is 5.01. The first-order valence-electron chi connectivity index (χ1n) is 5.13. The predicted octanol–water partition coefficient (Wildman–Crippen LogP) is 2.17. The summed E-state index contributed by atoms with van der Waals surface area (Å²) in [6.45, 7) is 3.13. The van der Waals surface area contributed by atoms with E-state index >= 15 is 0 Å². The third-order valence-corrected chi connectivity index (χ3v) is 2.73. The molecule has 7 heteroatoms. The molecular weight excluding hydrogens is 264 g/mol. The summed E-state index contributed by atoms with van der Waals surface area (Å²) in [4.78, 5) is 11.7. The standard InChI is InChI=1S/C11H13F2NO3S/c1-6(2)11(15)7-4-10(14-18(3,16)17)9(13)5-8(7)12/h4-6,14H,1-3H3. The topological polar surface area (TPSA) is 63.2 Å². The Morgan fingerprint density at radius 3 is 2.22 bits per heavy atom. The number of hydrogen-bond acceptors (Lipinski definition) is 3. The molecule has 0 aliphatic rings. The summed E-state index contributed by atoms with van der Waals surface area (Å²) in [7, 11) is -3.70. The Balaban J connectivity index is 3.31. The summed E-state index contributed by atoms with van der Waals surface area (Å²) >= 11 is 0. The molecule has 0 saturated carbocycles. The van der Waals surface area contributed by atoms with Gasteiger partial charge in [0.15, 0.2) is 5.78 Å². The Labute approximate surface area is 104 Å². The zero-order valence-electron chi connectivity index (χ0n) is 10.1. The van der Waals surface area contributed by atoms with Crippen LogP contribution < -0.4 is 4.72 Å². The van der Waals surface area contributed by atoms with Crippen LogP contribution in [0.5, 0.6) is 0 Å². The van der Waals surface area contributed by atoms with Gasteiger partial charge in [-0.05, 0) is 6.07 Å². The van der Waals surface area contributed by atoms with Gasteiger partial charge in [0.05, 0.1) is 17.5 Å². The summed E-state index contributed by atoms with van der Waals surface area (Å²) in [5.74, 6) is -3.08. The van der Waals surface area contributed by atoms with Gasteiger partial charge in [-0.1, -0.05) is 13.8 Å². The minimum absolute atomic E-state index is 0.336. The number of hydrogen-bond donors (Lipinski definition) is 1. The summed E-state index contributed by atoms with van der Waals surface area (Å²) in [6.07, 6.45) is 0.833. The average molecular weight is 277 g/mol. The third-order valence-electron chi connectivity index (χ3n) is 2.14. The number of halogens is 2. The number of benzene rings is 1. The van der Waals surface area contributed by atoms with E-state index < -0.39 is 39.0 Å². The van der Waals surface area contributed by atoms with Crippen molar-refractivity contribution in [2.75, 3.05) is 11.0 Å². The van der Waals surface area contributed by atoms with E-state index in [-0.39, 0.29) is 5.56 Å². The van der Waals surface area contributed by atoms with Crippen molar-refractivity contribution in [2.45, 2.75) is 13.8 Å². The van der Waals surface area contributed by atoms with Gasteiger partial charge in [0.2, 0.25) is 10.0 Å². The zero-order chi connectivity index (χ0) is 14.1. The number of Topliss-reactive ketones (excluding diaryl/α,β-unsaturated/α-hetero) is 1. The van der Waals surface area contributed by atoms with Crippen LogP contribution in [0.3, 0.4) is 0 Å². The number of anilines is 1. The molecule has 0 aliphatic carbocycles. The monoisotopic (exact) mass is 277 g/mol. The van der Waals surface area contributed by atoms with E-state index in [2.05, 4.69) is 0 Å². The summed E-state index contributed by atoms with van der Waals surface area (Å²) in [5, 5.41) is 0. The van der Waals surface area contributed by atoms with E-state index in [9.17, 15) is 22.0 Å². The quantitative estimate of drug-likeness (QED) is 0.858. The van der Waals surface area contributed by atoms with Crippen molar-refractivity contribution >= 4 is 21.5 Å². The molecule has 0 bridgehead atoms. The van der Waals surface area contributed by atoms with Gasteiger partial charge < -0.3 is 0 Å². The molecule has 4 nitrogen and oxygen atoms in total. The number of carbonyl (C=O) groups excluding carboxylic acids is 1. The first-order valence-corrected chi connectivity index (χ1v) is 7.02. The van der Waals surface area contributed by atoms with E-state index in [1.807, 2.05) is 4.72 Å². The van der Waals surface area contributed by atoms with Crippen molar-refractivity contribution in [3.63, 3.8) is 0 Å². The Hall–Kier alpha value is -1.50. The molecule has 0 fully saturated rings. The Morgan fingerprint density at radius 2 is 1.78 bits per heavy atom. The molecule has 1 aromatic rings. The van der Waals surface area contributed by atoms with Crippen LogP contribution in [0.1, 0.15) is 24.2 Å². The molecule has 1 aromatic carbocycles. The maximum Gasteiger partial charge on any atom is 0.229 e. The van der Waals surface area contributed by atoms with Crippen LogP contribution >= 0.6 is 0 Å². The highest BCUT2D eigenvalue weighted by atomic mass is 32.2. The lowest BCUT2D eigenvalue weighted by Crippen LogP contribution is -2.14. The highest BCUT2D eigenvalue weighted by Gasteiger charge is 2.19. The largest absolute Gasteiger partial charge is 0.294 e. The molecule has 0 heterocycles. The smallest absolute Gasteiger partial charge is 0.229 e. The minimum atomic E-state index is -3.70. The van der Waals surface area contributed by atoms with Crippen molar-refractivity contribution in [3.8, 4) is 0 Å². The number of sulfonamides is 1. The number of carbonyl (C=O) groups is 1. The maximum absolute atomic E-state index is 13.4. The molecule has 0 spiro atoms. The third kappa shape index (κ3) is 3.49. The molecule has 100 valence electrons. The number of nitrogens with one attached hydrogen (secondary N) is 1. The molecule has 1 rings (SSSR count). The maximum atomic E-state index is 13.4. The van der Waals surface area contributed by atoms with Gasteiger partial charge in [0.1, 0.15) is 11.6 Å². The fraction of sp³-hybridized carbons (Fsp3) is 0.364. The highest BCUT2D eigenvalue weighted by molar-refractivity contribution is 7.92. The molecule has 0 radical (unpaired) electrons. The van der Waals surface area contributed by atoms with Gasteiger partial charge in [-0.15, -0.1) is 0 Å². The van der Waals surface area contributed by atoms with Crippen LogP contribution in [0.2, 0.25) is 0 Å². The highest BCUT2D eigenvalue weighted by Crippen LogP contribution is 2.22. The summed E-state index contributed by atoms with van der Waals surface area (Å²) in [6, 6.07) is 1.36. The van der Waals surface area contributed by atoms with Crippen LogP contribution in [0, 0.1) is 17.6 Å². The normalized spacial score (nSPS) is 11.7. The second-order valence-corrected chi connectivity index (χ2v) is 5.95. The molecule has 0 unspecified atom stereocenters. The Kier molecular flexibility index (Phi) is 4.05. The Morgan fingerprint density at radius 1 is 1.22 bits per heavy atom. The van der Waals surface area contributed by atoms with Crippen LogP contribution in [0.15, 0.2) is 12.1 Å². The van der Waals surface area contributed by atoms with Gasteiger partial charge in [-0.3, -0.25) is 9.52 Å². The minimum Gasteiger partial charge on any atom is -0.294 e. The first-order chi connectivity index (χ1) is 8.11. The van der Waals surface area contributed by atoms with E-state index in [4.69, 9.17) is 0 Å². The lowest BCUT2D eigenvalue weighted by atomic mass is 10.00. The average Bonchev–Trinajstić information content (AvgIpc) is 2.19. The van der Waals surface area contributed by atoms with Crippen LogP contribution in [-0.2, 0) is 10.0 Å². The van der Waals surface area contributed by atoms with Crippen LogP contribution in [-0.4, -0.2) is 20.5 Å². The molecule has 18 heavy (non-hydrogen) atoms.